The van der Waals surface area contributed by atoms with Crippen molar-refractivity contribution in [3.05, 3.63) is 35.4 Å². The molecule has 1 aliphatic heterocycles. The summed E-state index contributed by atoms with van der Waals surface area (Å²) in [6.07, 6.45) is 1.89. The summed E-state index contributed by atoms with van der Waals surface area (Å²) >= 11 is 3.38. The molecule has 0 saturated carbocycles. The smallest absolute Gasteiger partial charge is 0.254 e. The zero-order valence-corrected chi connectivity index (χ0v) is 11.2. The number of amides is 1. The van der Waals surface area contributed by atoms with Crippen molar-refractivity contribution in [2.24, 2.45) is 0 Å². The molecule has 1 unspecified atom stereocenters. The summed E-state index contributed by atoms with van der Waals surface area (Å²) in [5.74, 6) is 0.0303. The summed E-state index contributed by atoms with van der Waals surface area (Å²) < 4.78 is 0. The van der Waals surface area contributed by atoms with Gasteiger partial charge in [-0.3, -0.25) is 4.79 Å². The molecule has 3 nitrogen and oxygen atoms in total. The molecule has 4 heteroatoms. The molecule has 1 atom stereocenters. The van der Waals surface area contributed by atoms with Crippen LogP contribution in [0.2, 0.25) is 0 Å². The van der Waals surface area contributed by atoms with Gasteiger partial charge in [-0.25, -0.2) is 0 Å². The number of halogens is 1. The zero-order chi connectivity index (χ0) is 12.3. The fourth-order valence-corrected chi connectivity index (χ4v) is 2.57. The zero-order valence-electron chi connectivity index (χ0n) is 9.60. The predicted octanol–water partition coefficient (Wildman–Crippen LogP) is 2.18. The van der Waals surface area contributed by atoms with Crippen molar-refractivity contribution < 1.29 is 9.90 Å². The van der Waals surface area contributed by atoms with Gasteiger partial charge in [-0.2, -0.15) is 0 Å². The largest absolute Gasteiger partial charge is 0.394 e. The second-order valence-electron chi connectivity index (χ2n) is 4.31. The van der Waals surface area contributed by atoms with Crippen molar-refractivity contribution >= 4 is 21.8 Å². The number of rotatable bonds is 3. The topological polar surface area (TPSA) is 40.5 Å². The number of benzene rings is 1. The Bertz CT molecular complexity index is 391. The number of hydrogen-bond acceptors (Lipinski definition) is 2. The minimum atomic E-state index is -0.00153. The van der Waals surface area contributed by atoms with Crippen LogP contribution in [0.4, 0.5) is 0 Å². The molecule has 0 spiro atoms. The molecule has 1 aliphatic rings. The van der Waals surface area contributed by atoms with Crippen LogP contribution < -0.4 is 0 Å². The van der Waals surface area contributed by atoms with E-state index < -0.39 is 0 Å². The summed E-state index contributed by atoms with van der Waals surface area (Å²) in [5.41, 5.74) is 1.86. The molecule has 0 radical (unpaired) electrons. The van der Waals surface area contributed by atoms with Crippen LogP contribution in [-0.4, -0.2) is 35.1 Å². The number of likely N-dealkylation sites (tertiary alicyclic amines) is 1. The van der Waals surface area contributed by atoms with E-state index in [4.69, 9.17) is 0 Å². The minimum absolute atomic E-state index is 0.00153. The van der Waals surface area contributed by atoms with Gasteiger partial charge in [0.1, 0.15) is 0 Å². The van der Waals surface area contributed by atoms with Crippen molar-refractivity contribution in [2.75, 3.05) is 13.2 Å². The molecule has 1 aromatic rings. The van der Waals surface area contributed by atoms with Gasteiger partial charge in [0.15, 0.2) is 0 Å². The molecular formula is C13H16BrNO2. The molecule has 0 bridgehead atoms. The van der Waals surface area contributed by atoms with Crippen molar-refractivity contribution in [1.82, 2.24) is 4.90 Å². The Morgan fingerprint density at radius 1 is 1.41 bits per heavy atom. The van der Waals surface area contributed by atoms with Crippen LogP contribution in [0.1, 0.15) is 28.8 Å². The van der Waals surface area contributed by atoms with E-state index in [1.807, 2.05) is 24.3 Å². The number of aliphatic hydroxyl groups is 1. The number of alkyl halides is 1. The van der Waals surface area contributed by atoms with E-state index in [1.165, 1.54) is 0 Å². The molecule has 0 aromatic heterocycles. The first-order valence-electron chi connectivity index (χ1n) is 5.83. The molecule has 1 amide bonds. The molecule has 1 aromatic carbocycles. The van der Waals surface area contributed by atoms with E-state index in [0.717, 1.165) is 30.3 Å². The summed E-state index contributed by atoms with van der Waals surface area (Å²) in [5, 5.41) is 10.0. The van der Waals surface area contributed by atoms with Crippen molar-refractivity contribution in [1.29, 1.82) is 0 Å². The third-order valence-electron chi connectivity index (χ3n) is 3.20. The third-order valence-corrected chi connectivity index (χ3v) is 3.85. The average molecular weight is 298 g/mol. The maximum absolute atomic E-state index is 12.2. The molecule has 0 aliphatic carbocycles. The Labute approximate surface area is 110 Å². The molecule has 1 N–H and O–H groups in total. The second kappa shape index (κ2) is 5.65. The van der Waals surface area contributed by atoms with E-state index >= 15 is 0 Å². The molecule has 2 rings (SSSR count). The van der Waals surface area contributed by atoms with Gasteiger partial charge in [0, 0.05) is 17.4 Å². The van der Waals surface area contributed by atoms with Gasteiger partial charge < -0.3 is 10.0 Å². The molecular weight excluding hydrogens is 282 g/mol. The van der Waals surface area contributed by atoms with Crippen LogP contribution in [0.25, 0.3) is 0 Å². The highest BCUT2D eigenvalue weighted by atomic mass is 79.9. The first-order valence-corrected chi connectivity index (χ1v) is 6.95. The molecule has 1 heterocycles. The lowest BCUT2D eigenvalue weighted by Crippen LogP contribution is -2.37. The van der Waals surface area contributed by atoms with Crippen molar-refractivity contribution in [2.45, 2.75) is 24.2 Å². The van der Waals surface area contributed by atoms with Gasteiger partial charge in [-0.15, -0.1) is 0 Å². The lowest BCUT2D eigenvalue weighted by atomic mass is 10.1. The van der Waals surface area contributed by atoms with Crippen molar-refractivity contribution in [3.63, 3.8) is 0 Å². The van der Waals surface area contributed by atoms with Gasteiger partial charge >= 0.3 is 0 Å². The standard InChI is InChI=1S/C13H16BrNO2/c14-8-10-3-5-11(6-4-10)13(17)15-7-1-2-12(15)9-16/h3-6,12,16H,1-2,7-9H2. The maximum atomic E-state index is 12.2. The number of carbonyl (C=O) groups is 1. The number of carbonyl (C=O) groups excluding carboxylic acids is 1. The summed E-state index contributed by atoms with van der Waals surface area (Å²) in [4.78, 5) is 14.0. The normalized spacial score (nSPS) is 19.6. The van der Waals surface area contributed by atoms with Crippen molar-refractivity contribution in [3.8, 4) is 0 Å². The minimum Gasteiger partial charge on any atom is -0.394 e. The van der Waals surface area contributed by atoms with Crippen LogP contribution >= 0.6 is 15.9 Å². The van der Waals surface area contributed by atoms with Crippen LogP contribution in [0.15, 0.2) is 24.3 Å². The molecule has 1 fully saturated rings. The van der Waals surface area contributed by atoms with Crippen LogP contribution in [0, 0.1) is 0 Å². The van der Waals surface area contributed by atoms with E-state index in [-0.39, 0.29) is 18.6 Å². The van der Waals surface area contributed by atoms with Gasteiger partial charge in [0.05, 0.1) is 12.6 Å². The second-order valence-corrected chi connectivity index (χ2v) is 4.87. The van der Waals surface area contributed by atoms with Crippen LogP contribution in [0.3, 0.4) is 0 Å². The van der Waals surface area contributed by atoms with Gasteiger partial charge in [-0.1, -0.05) is 28.1 Å². The lowest BCUT2D eigenvalue weighted by molar-refractivity contribution is 0.0677. The first kappa shape index (κ1) is 12.6. The summed E-state index contributed by atoms with van der Waals surface area (Å²) in [7, 11) is 0. The summed E-state index contributed by atoms with van der Waals surface area (Å²) in [6, 6.07) is 7.60. The molecule has 1 saturated heterocycles. The maximum Gasteiger partial charge on any atom is 0.254 e. The van der Waals surface area contributed by atoms with Gasteiger partial charge in [0.2, 0.25) is 0 Å². The average Bonchev–Trinajstić information content (AvgIpc) is 2.86. The third kappa shape index (κ3) is 2.69. The highest BCUT2D eigenvalue weighted by Crippen LogP contribution is 2.20. The SMILES string of the molecule is O=C(c1ccc(CBr)cc1)N1CCCC1CO. The fraction of sp³-hybridized carbons (Fsp3) is 0.462. The number of aliphatic hydroxyl groups excluding tert-OH is 1. The highest BCUT2D eigenvalue weighted by Gasteiger charge is 2.28. The van der Waals surface area contributed by atoms with Gasteiger partial charge in [-0.05, 0) is 30.5 Å². The Morgan fingerprint density at radius 3 is 2.71 bits per heavy atom. The van der Waals surface area contributed by atoms with E-state index in [2.05, 4.69) is 15.9 Å². The Balaban J connectivity index is 2.13. The number of hydrogen-bond donors (Lipinski definition) is 1. The lowest BCUT2D eigenvalue weighted by Gasteiger charge is -2.23. The van der Waals surface area contributed by atoms with E-state index in [9.17, 15) is 9.90 Å². The monoisotopic (exact) mass is 297 g/mol. The number of nitrogens with zero attached hydrogens (tertiary/aromatic N) is 1. The fourth-order valence-electron chi connectivity index (χ4n) is 2.20. The first-order chi connectivity index (χ1) is 8.26. The Hall–Kier alpha value is -0.870. The Kier molecular flexibility index (Phi) is 4.18. The van der Waals surface area contributed by atoms with Gasteiger partial charge in [0.25, 0.3) is 5.91 Å². The van der Waals surface area contributed by atoms with Crippen LogP contribution in [0.5, 0.6) is 0 Å². The summed E-state index contributed by atoms with van der Waals surface area (Å²) in [6.45, 7) is 0.815. The van der Waals surface area contributed by atoms with E-state index in [0.29, 0.717) is 5.56 Å². The van der Waals surface area contributed by atoms with E-state index in [1.54, 1.807) is 4.90 Å². The Morgan fingerprint density at radius 2 is 2.12 bits per heavy atom. The predicted molar refractivity (Wildman–Crippen MR) is 70.2 cm³/mol. The highest BCUT2D eigenvalue weighted by molar-refractivity contribution is 9.08. The molecule has 17 heavy (non-hydrogen) atoms. The molecule has 92 valence electrons. The quantitative estimate of drug-likeness (QED) is 0.869. The van der Waals surface area contributed by atoms with Crippen LogP contribution in [-0.2, 0) is 5.33 Å².